The number of nitrogens with zero attached hydrogens (tertiary/aromatic N) is 2. The van der Waals surface area contributed by atoms with Gasteiger partial charge in [0.2, 0.25) is 0 Å². The van der Waals surface area contributed by atoms with Crippen LogP contribution < -0.4 is 0 Å². The van der Waals surface area contributed by atoms with Gasteiger partial charge in [0.25, 0.3) is 0 Å². The molecule has 3 spiro atoms. The van der Waals surface area contributed by atoms with Crippen LogP contribution in [0.1, 0.15) is 51.0 Å². The molecule has 3 heterocycles. The Hall–Kier alpha value is -2.05. The molecule has 1 aromatic heterocycles. The van der Waals surface area contributed by atoms with E-state index in [9.17, 15) is 10.2 Å². The number of pyridine rings is 1. The molecule has 36 heavy (non-hydrogen) atoms. The predicted octanol–water partition coefficient (Wildman–Crippen LogP) is 4.34. The topological polar surface area (TPSA) is 65.8 Å². The Balaban J connectivity index is 1.24. The predicted molar refractivity (Wildman–Crippen MR) is 139 cm³/mol. The van der Waals surface area contributed by atoms with Gasteiger partial charge in [-0.15, -0.1) is 0 Å². The average Bonchev–Trinajstić information content (AvgIpc) is 3.40. The molecule has 0 radical (unpaired) electrons. The molecule has 5 nitrogen and oxygen atoms in total. The van der Waals surface area contributed by atoms with E-state index >= 15 is 0 Å². The van der Waals surface area contributed by atoms with Gasteiger partial charge in [-0.1, -0.05) is 37.3 Å². The van der Waals surface area contributed by atoms with Crippen molar-refractivity contribution < 1.29 is 14.9 Å². The molecule has 4 aliphatic carbocycles. The Morgan fingerprint density at radius 3 is 2.78 bits per heavy atom. The first-order chi connectivity index (χ1) is 17.3. The summed E-state index contributed by atoms with van der Waals surface area (Å²) < 4.78 is 7.46. The number of fused-ring (bicyclic) bond motifs is 3. The smallest absolute Gasteiger partial charge is 0.0961 e. The van der Waals surface area contributed by atoms with E-state index < -0.39 is 12.2 Å². The summed E-state index contributed by atoms with van der Waals surface area (Å²) in [6.45, 7) is 2.46. The highest BCUT2D eigenvalue weighted by atomic mass is 16.5. The highest BCUT2D eigenvalue weighted by Gasteiger charge is 2.84. The Bertz CT molecular complexity index is 1360. The number of hydrogen-bond acceptors (Lipinski definition) is 5. The molecule has 8 rings (SSSR count). The molecule has 2 bridgehead atoms. The number of aromatic nitrogens is 1. The molecule has 0 amide bonds. The minimum absolute atomic E-state index is 0.00178. The molecule has 1 aromatic carbocycles. The molecule has 9 atom stereocenters. The van der Waals surface area contributed by atoms with Gasteiger partial charge in [-0.3, -0.25) is 4.98 Å². The lowest BCUT2D eigenvalue weighted by Gasteiger charge is -2.59. The van der Waals surface area contributed by atoms with Crippen LogP contribution in [0.4, 0.5) is 0 Å². The van der Waals surface area contributed by atoms with E-state index in [1.165, 1.54) is 27.5 Å². The van der Waals surface area contributed by atoms with E-state index in [2.05, 4.69) is 53.2 Å². The van der Waals surface area contributed by atoms with Crippen LogP contribution in [-0.2, 0) is 4.74 Å². The van der Waals surface area contributed by atoms with Crippen molar-refractivity contribution in [3.63, 3.8) is 0 Å². The molecule has 2 N–H and O–H groups in total. The van der Waals surface area contributed by atoms with Crippen LogP contribution in [0.5, 0.6) is 0 Å². The monoisotopic (exact) mass is 484 g/mol. The summed E-state index contributed by atoms with van der Waals surface area (Å²) in [4.78, 5) is 6.54. The molecular formula is C31H36N2O3. The maximum atomic E-state index is 11.5. The third-order valence-corrected chi connectivity index (χ3v) is 11.7. The molecule has 2 aromatic rings. The van der Waals surface area contributed by atoms with E-state index in [0.717, 1.165) is 38.5 Å². The lowest BCUT2D eigenvalue weighted by molar-refractivity contribution is -0.248. The van der Waals surface area contributed by atoms with Crippen molar-refractivity contribution in [3.05, 3.63) is 59.9 Å². The van der Waals surface area contributed by atoms with E-state index in [-0.39, 0.29) is 28.1 Å². The molecular weight excluding hydrogens is 448 g/mol. The van der Waals surface area contributed by atoms with Gasteiger partial charge in [-0.2, -0.15) is 0 Å². The van der Waals surface area contributed by atoms with Crippen LogP contribution in [0.3, 0.4) is 0 Å². The van der Waals surface area contributed by atoms with Crippen molar-refractivity contribution >= 4 is 16.3 Å². The van der Waals surface area contributed by atoms with Crippen LogP contribution >= 0.6 is 0 Å². The summed E-state index contributed by atoms with van der Waals surface area (Å²) in [5, 5.41) is 25.1. The number of ether oxygens (including phenoxy) is 1. The first-order valence-electron chi connectivity index (χ1n) is 13.7. The van der Waals surface area contributed by atoms with Crippen molar-refractivity contribution in [2.75, 3.05) is 14.1 Å². The van der Waals surface area contributed by atoms with Crippen molar-refractivity contribution in [3.8, 4) is 0 Å². The zero-order chi connectivity index (χ0) is 24.7. The fourth-order valence-corrected chi connectivity index (χ4v) is 9.95. The molecule has 2 saturated carbocycles. The lowest BCUT2D eigenvalue weighted by atomic mass is 9.57. The molecule has 2 saturated heterocycles. The fraction of sp³-hybridized carbons (Fsp3) is 0.581. The van der Waals surface area contributed by atoms with Gasteiger partial charge in [0, 0.05) is 40.6 Å². The van der Waals surface area contributed by atoms with Gasteiger partial charge in [-0.05, 0) is 86.7 Å². The number of aliphatic hydroxyl groups excluding tert-OH is 2. The first kappa shape index (κ1) is 22.0. The van der Waals surface area contributed by atoms with Gasteiger partial charge < -0.3 is 19.8 Å². The van der Waals surface area contributed by atoms with Gasteiger partial charge >= 0.3 is 0 Å². The second kappa shape index (κ2) is 6.68. The Morgan fingerprint density at radius 1 is 1.08 bits per heavy atom. The molecule has 5 heteroatoms. The number of likely N-dealkylation sites (N-methyl/N-ethyl adjacent to an activating group) is 1. The summed E-state index contributed by atoms with van der Waals surface area (Å²) in [6.07, 6.45) is 13.2. The molecule has 4 fully saturated rings. The van der Waals surface area contributed by atoms with Crippen molar-refractivity contribution in [2.24, 2.45) is 22.7 Å². The third kappa shape index (κ3) is 2.28. The minimum Gasteiger partial charge on any atom is -0.390 e. The van der Waals surface area contributed by atoms with Gasteiger partial charge in [-0.25, -0.2) is 0 Å². The summed E-state index contributed by atoms with van der Waals surface area (Å²) >= 11 is 0. The molecule has 188 valence electrons. The van der Waals surface area contributed by atoms with Crippen LogP contribution in [-0.4, -0.2) is 63.6 Å². The normalized spacial score (nSPS) is 48.1. The molecule has 9 unspecified atom stereocenters. The van der Waals surface area contributed by atoms with Gasteiger partial charge in [0.15, 0.2) is 0 Å². The SMILES string of the molecule is CN(C)C1CC23CCC4(O2)C(=CCC2(C)C(c5cccc6ccncc56)=CCC24)C2CC23C(O)C1O. The summed E-state index contributed by atoms with van der Waals surface area (Å²) in [7, 11) is 4.03. The number of aliphatic hydroxyl groups is 2. The summed E-state index contributed by atoms with van der Waals surface area (Å²) in [5.41, 5.74) is 3.30. The van der Waals surface area contributed by atoms with Crippen LogP contribution in [0.15, 0.2) is 54.4 Å². The zero-order valence-electron chi connectivity index (χ0n) is 21.4. The molecule has 6 aliphatic rings. The average molecular weight is 485 g/mol. The largest absolute Gasteiger partial charge is 0.390 e. The zero-order valence-corrected chi connectivity index (χ0v) is 21.4. The van der Waals surface area contributed by atoms with Gasteiger partial charge in [0.05, 0.1) is 23.4 Å². The first-order valence-corrected chi connectivity index (χ1v) is 13.7. The third-order valence-electron chi connectivity index (χ3n) is 11.7. The highest BCUT2D eigenvalue weighted by Crippen LogP contribution is 2.81. The molecule has 2 aliphatic heterocycles. The maximum Gasteiger partial charge on any atom is 0.0961 e. The minimum atomic E-state index is -0.727. The van der Waals surface area contributed by atoms with E-state index in [4.69, 9.17) is 4.74 Å². The van der Waals surface area contributed by atoms with E-state index in [1.807, 2.05) is 26.5 Å². The number of hydrogen-bond donors (Lipinski definition) is 2. The Kier molecular flexibility index (Phi) is 4.08. The number of allylic oxidation sites excluding steroid dienone is 3. The van der Waals surface area contributed by atoms with E-state index in [1.54, 1.807) is 0 Å². The van der Waals surface area contributed by atoms with Crippen LogP contribution in [0, 0.1) is 22.7 Å². The Labute approximate surface area is 212 Å². The second-order valence-electron chi connectivity index (χ2n) is 13.0. The van der Waals surface area contributed by atoms with Crippen LogP contribution in [0.2, 0.25) is 0 Å². The maximum absolute atomic E-state index is 11.5. The Morgan fingerprint density at radius 2 is 1.94 bits per heavy atom. The number of benzene rings is 1. The van der Waals surface area contributed by atoms with Crippen molar-refractivity contribution in [2.45, 2.75) is 74.9 Å². The van der Waals surface area contributed by atoms with Crippen molar-refractivity contribution in [1.82, 2.24) is 9.88 Å². The summed E-state index contributed by atoms with van der Waals surface area (Å²) in [6, 6.07) is 8.64. The highest BCUT2D eigenvalue weighted by molar-refractivity contribution is 5.95. The quantitative estimate of drug-likeness (QED) is 0.621. The standard InChI is InChI=1S/C31H36N2O3/c1-28-11-9-22-23-15-30(23)27(35)26(34)24(33(2)3)16-29(30)12-13-31(22,36-29)25(28)8-7-21(28)19-6-4-5-18-10-14-32-17-20(18)19/h4-7,9-10,14,17,23-27,34-35H,8,11-13,15-16H2,1-3H3. The fourth-order valence-electron chi connectivity index (χ4n) is 9.95. The van der Waals surface area contributed by atoms with Crippen LogP contribution in [0.25, 0.3) is 16.3 Å². The second-order valence-corrected chi connectivity index (χ2v) is 13.0. The summed E-state index contributed by atoms with van der Waals surface area (Å²) in [5.74, 6) is 0.739. The van der Waals surface area contributed by atoms with E-state index in [0.29, 0.717) is 11.8 Å². The lowest BCUT2D eigenvalue weighted by Crippen LogP contribution is -2.67. The number of rotatable bonds is 2. The van der Waals surface area contributed by atoms with Crippen molar-refractivity contribution in [1.29, 1.82) is 0 Å². The van der Waals surface area contributed by atoms with Gasteiger partial charge in [0.1, 0.15) is 0 Å².